The third-order valence-corrected chi connectivity index (χ3v) is 4.64. The Hall–Kier alpha value is -2.99. The lowest BCUT2D eigenvalue weighted by Gasteiger charge is -2.07. The average Bonchev–Trinajstić information content (AvgIpc) is 2.66. The molecule has 132 valence electrons. The van der Waals surface area contributed by atoms with E-state index in [1.54, 1.807) is 48.5 Å². The van der Waals surface area contributed by atoms with Gasteiger partial charge in [-0.15, -0.1) is 0 Å². The van der Waals surface area contributed by atoms with Crippen LogP contribution in [0.4, 0.5) is 5.69 Å². The van der Waals surface area contributed by atoms with E-state index in [0.29, 0.717) is 28.1 Å². The molecule has 0 fully saturated rings. The second-order valence-electron chi connectivity index (χ2n) is 5.65. The SMILES string of the molecule is CCCOC(=O)c1ccc(NC(=O)c2cc3ccccc3c(=O)s2)cc1. The first-order valence-electron chi connectivity index (χ1n) is 8.20. The number of anilines is 1. The van der Waals surface area contributed by atoms with E-state index >= 15 is 0 Å². The van der Waals surface area contributed by atoms with Gasteiger partial charge < -0.3 is 10.1 Å². The Bertz CT molecular complexity index is 1010. The zero-order chi connectivity index (χ0) is 18.5. The van der Waals surface area contributed by atoms with Crippen LogP contribution in [0.5, 0.6) is 0 Å². The van der Waals surface area contributed by atoms with Crippen LogP contribution in [0.3, 0.4) is 0 Å². The number of carbonyl (C=O) groups excluding carboxylic acids is 2. The van der Waals surface area contributed by atoms with E-state index in [0.717, 1.165) is 23.1 Å². The van der Waals surface area contributed by atoms with Crippen molar-refractivity contribution in [2.45, 2.75) is 13.3 Å². The molecule has 0 aliphatic rings. The smallest absolute Gasteiger partial charge is 0.338 e. The second-order valence-corrected chi connectivity index (χ2v) is 6.67. The van der Waals surface area contributed by atoms with Crippen LogP contribution in [0.2, 0.25) is 0 Å². The number of ether oxygens (including phenoxy) is 1. The summed E-state index contributed by atoms with van der Waals surface area (Å²) < 4.78 is 4.91. The monoisotopic (exact) mass is 367 g/mol. The zero-order valence-electron chi connectivity index (χ0n) is 14.2. The van der Waals surface area contributed by atoms with Crippen molar-refractivity contribution in [1.82, 2.24) is 0 Å². The van der Waals surface area contributed by atoms with Gasteiger partial charge in [-0.05, 0) is 48.2 Å². The number of amides is 1. The first-order valence-corrected chi connectivity index (χ1v) is 9.01. The second kappa shape index (κ2) is 7.93. The highest BCUT2D eigenvalue weighted by molar-refractivity contribution is 7.12. The summed E-state index contributed by atoms with van der Waals surface area (Å²) in [5.41, 5.74) is 0.960. The molecule has 0 saturated carbocycles. The quantitative estimate of drug-likeness (QED) is 0.690. The fourth-order valence-corrected chi connectivity index (χ4v) is 3.23. The lowest BCUT2D eigenvalue weighted by molar-refractivity contribution is 0.0505. The third kappa shape index (κ3) is 3.97. The molecule has 2 aromatic carbocycles. The van der Waals surface area contributed by atoms with Crippen LogP contribution < -0.4 is 10.1 Å². The van der Waals surface area contributed by atoms with Crippen molar-refractivity contribution < 1.29 is 14.3 Å². The summed E-state index contributed by atoms with van der Waals surface area (Å²) in [6.45, 7) is 2.30. The molecule has 0 bridgehead atoms. The number of esters is 1. The van der Waals surface area contributed by atoms with Crippen LogP contribution in [-0.2, 0) is 4.74 Å². The first kappa shape index (κ1) is 17.8. The molecular weight excluding hydrogens is 350 g/mol. The van der Waals surface area contributed by atoms with Crippen molar-refractivity contribution in [1.29, 1.82) is 0 Å². The molecule has 1 amide bonds. The molecule has 1 heterocycles. The molecule has 3 aromatic rings. The van der Waals surface area contributed by atoms with Crippen molar-refractivity contribution in [3.63, 3.8) is 0 Å². The van der Waals surface area contributed by atoms with E-state index in [2.05, 4.69) is 5.32 Å². The minimum absolute atomic E-state index is 0.151. The number of fused-ring (bicyclic) bond motifs is 1. The molecule has 1 N–H and O–H groups in total. The highest BCUT2D eigenvalue weighted by Crippen LogP contribution is 2.17. The molecule has 6 heteroatoms. The van der Waals surface area contributed by atoms with Gasteiger partial charge in [-0.25, -0.2) is 4.79 Å². The van der Waals surface area contributed by atoms with Gasteiger partial charge in [0.2, 0.25) is 4.74 Å². The van der Waals surface area contributed by atoms with E-state index in [4.69, 9.17) is 4.74 Å². The van der Waals surface area contributed by atoms with Gasteiger partial charge in [0.15, 0.2) is 0 Å². The minimum atomic E-state index is -0.391. The summed E-state index contributed by atoms with van der Waals surface area (Å²) in [6.07, 6.45) is 0.758. The van der Waals surface area contributed by atoms with Crippen molar-refractivity contribution >= 4 is 39.7 Å². The largest absolute Gasteiger partial charge is 0.462 e. The Morgan fingerprint density at radius 2 is 1.81 bits per heavy atom. The van der Waals surface area contributed by atoms with Gasteiger partial charge >= 0.3 is 5.97 Å². The van der Waals surface area contributed by atoms with Crippen molar-refractivity contribution in [2.24, 2.45) is 0 Å². The fourth-order valence-electron chi connectivity index (χ4n) is 2.41. The maximum atomic E-state index is 12.4. The Morgan fingerprint density at radius 3 is 2.54 bits per heavy atom. The van der Waals surface area contributed by atoms with Crippen molar-refractivity contribution in [3.8, 4) is 0 Å². The highest BCUT2D eigenvalue weighted by Gasteiger charge is 2.12. The molecule has 0 aliphatic heterocycles. The van der Waals surface area contributed by atoms with Gasteiger partial charge in [-0.1, -0.05) is 36.5 Å². The Balaban J connectivity index is 1.76. The molecule has 0 radical (unpaired) electrons. The first-order chi connectivity index (χ1) is 12.6. The fraction of sp³-hybridized carbons (Fsp3) is 0.150. The predicted molar refractivity (Wildman–Crippen MR) is 103 cm³/mol. The maximum absolute atomic E-state index is 12.4. The minimum Gasteiger partial charge on any atom is -0.462 e. The Kier molecular flexibility index (Phi) is 5.43. The van der Waals surface area contributed by atoms with E-state index in [1.807, 2.05) is 13.0 Å². The number of hydrogen-bond acceptors (Lipinski definition) is 5. The van der Waals surface area contributed by atoms with Gasteiger partial charge in [0.05, 0.1) is 17.0 Å². The maximum Gasteiger partial charge on any atom is 0.338 e. The summed E-state index contributed by atoms with van der Waals surface area (Å²) in [5, 5.41) is 4.07. The van der Waals surface area contributed by atoms with Gasteiger partial charge in [-0.3, -0.25) is 9.59 Å². The van der Waals surface area contributed by atoms with Crippen LogP contribution in [-0.4, -0.2) is 18.5 Å². The molecule has 0 atom stereocenters. The summed E-state index contributed by atoms with van der Waals surface area (Å²) >= 11 is 0.910. The standard InChI is InChI=1S/C20H17NO4S/c1-2-11-25-19(23)13-7-9-15(10-8-13)21-18(22)17-12-14-5-3-4-6-16(14)20(24)26-17/h3-10,12H,2,11H2,1H3,(H,21,22). The lowest BCUT2D eigenvalue weighted by Crippen LogP contribution is -2.13. The van der Waals surface area contributed by atoms with Crippen molar-refractivity contribution in [3.05, 3.63) is 74.6 Å². The van der Waals surface area contributed by atoms with Crippen LogP contribution in [0, 0.1) is 0 Å². The molecule has 1 aromatic heterocycles. The Labute approximate surface area is 154 Å². The summed E-state index contributed by atoms with van der Waals surface area (Å²) in [5.74, 6) is -0.753. The zero-order valence-corrected chi connectivity index (χ0v) is 15.0. The van der Waals surface area contributed by atoms with E-state index in [-0.39, 0.29) is 10.6 Å². The molecule has 0 spiro atoms. The molecular formula is C20H17NO4S. The average molecular weight is 367 g/mol. The molecule has 5 nitrogen and oxygen atoms in total. The topological polar surface area (TPSA) is 72.5 Å². The van der Waals surface area contributed by atoms with Gasteiger partial charge in [0, 0.05) is 11.1 Å². The van der Waals surface area contributed by atoms with E-state index in [1.165, 1.54) is 0 Å². The summed E-state index contributed by atoms with van der Waals surface area (Å²) in [6, 6.07) is 15.3. The van der Waals surface area contributed by atoms with Crippen LogP contribution >= 0.6 is 11.3 Å². The lowest BCUT2D eigenvalue weighted by atomic mass is 10.2. The van der Waals surface area contributed by atoms with Crippen molar-refractivity contribution in [2.75, 3.05) is 11.9 Å². The van der Waals surface area contributed by atoms with Gasteiger partial charge in [0.1, 0.15) is 0 Å². The van der Waals surface area contributed by atoms with E-state index < -0.39 is 5.97 Å². The van der Waals surface area contributed by atoms with Crippen LogP contribution in [0.1, 0.15) is 33.4 Å². The van der Waals surface area contributed by atoms with Crippen LogP contribution in [0.15, 0.2) is 59.4 Å². The normalized spacial score (nSPS) is 10.5. The molecule has 0 unspecified atom stereocenters. The van der Waals surface area contributed by atoms with Crippen LogP contribution in [0.25, 0.3) is 10.8 Å². The molecule has 0 saturated heterocycles. The predicted octanol–water partition coefficient (Wildman–Crippen LogP) is 4.08. The highest BCUT2D eigenvalue weighted by atomic mass is 32.1. The van der Waals surface area contributed by atoms with Gasteiger partial charge in [-0.2, -0.15) is 0 Å². The summed E-state index contributed by atoms with van der Waals surface area (Å²) in [4.78, 5) is 36.7. The van der Waals surface area contributed by atoms with E-state index in [9.17, 15) is 14.4 Å². The molecule has 3 rings (SSSR count). The molecule has 26 heavy (non-hydrogen) atoms. The third-order valence-electron chi connectivity index (χ3n) is 3.71. The van der Waals surface area contributed by atoms with Gasteiger partial charge in [0.25, 0.3) is 5.91 Å². The number of nitrogens with one attached hydrogen (secondary N) is 1. The Morgan fingerprint density at radius 1 is 1.08 bits per heavy atom. The number of rotatable bonds is 5. The number of benzene rings is 2. The number of hydrogen-bond donors (Lipinski definition) is 1. The molecule has 0 aliphatic carbocycles. The summed E-state index contributed by atoms with van der Waals surface area (Å²) in [7, 11) is 0. The number of carbonyl (C=O) groups is 2.